The molecule has 0 saturated heterocycles. The summed E-state index contributed by atoms with van der Waals surface area (Å²) in [6, 6.07) is 15.8. The van der Waals surface area contributed by atoms with E-state index < -0.39 is 0 Å². The molecule has 1 heterocycles. The van der Waals surface area contributed by atoms with Crippen molar-refractivity contribution in [2.24, 2.45) is 0 Å². The predicted octanol–water partition coefficient (Wildman–Crippen LogP) is 4.76. The van der Waals surface area contributed by atoms with E-state index in [4.69, 9.17) is 0 Å². The lowest BCUT2D eigenvalue weighted by atomic mass is 10.1. The smallest absolute Gasteiger partial charge is 0.228 e. The van der Waals surface area contributed by atoms with Gasteiger partial charge in [-0.15, -0.1) is 0 Å². The minimum absolute atomic E-state index is 0.111. The van der Waals surface area contributed by atoms with E-state index in [9.17, 15) is 9.18 Å². The highest BCUT2D eigenvalue weighted by Crippen LogP contribution is 2.21. The number of amides is 1. The molecule has 1 amide bonds. The van der Waals surface area contributed by atoms with E-state index in [1.165, 1.54) is 17.7 Å². The van der Waals surface area contributed by atoms with Crippen LogP contribution in [-0.2, 0) is 11.2 Å². The van der Waals surface area contributed by atoms with E-state index in [1.54, 1.807) is 30.5 Å². The van der Waals surface area contributed by atoms with Crippen molar-refractivity contribution in [1.29, 1.82) is 0 Å². The first kappa shape index (κ1) is 17.6. The van der Waals surface area contributed by atoms with Gasteiger partial charge in [-0.25, -0.2) is 9.37 Å². The number of rotatable bonds is 5. The van der Waals surface area contributed by atoms with Gasteiger partial charge in [-0.3, -0.25) is 4.79 Å². The number of pyridine rings is 1. The zero-order valence-corrected chi connectivity index (χ0v) is 14.7. The van der Waals surface area contributed by atoms with Gasteiger partial charge in [0.2, 0.25) is 5.91 Å². The normalized spacial score (nSPS) is 10.4. The van der Waals surface area contributed by atoms with Crippen LogP contribution in [0.4, 0.5) is 21.6 Å². The van der Waals surface area contributed by atoms with Crippen molar-refractivity contribution in [2.45, 2.75) is 20.3 Å². The molecule has 0 radical (unpaired) electrons. The van der Waals surface area contributed by atoms with E-state index in [1.807, 2.05) is 19.1 Å². The highest BCUT2D eigenvalue weighted by Gasteiger charge is 2.06. The number of aryl methyl sites for hydroxylation is 2. The molecule has 1 aromatic heterocycles. The first-order chi connectivity index (χ1) is 12.5. The Morgan fingerprint density at radius 3 is 2.62 bits per heavy atom. The maximum absolute atomic E-state index is 13.2. The Bertz CT molecular complexity index is 923. The van der Waals surface area contributed by atoms with E-state index in [2.05, 4.69) is 28.6 Å². The Labute approximate surface area is 152 Å². The molecule has 0 fully saturated rings. The molecule has 4 nitrogen and oxygen atoms in total. The largest absolute Gasteiger partial charge is 0.340 e. The van der Waals surface area contributed by atoms with Gasteiger partial charge in [-0.1, -0.05) is 29.8 Å². The molecule has 0 aliphatic carbocycles. The first-order valence-electron chi connectivity index (χ1n) is 8.34. The number of benzene rings is 2. The molecule has 0 bridgehead atoms. The number of hydrogen-bond acceptors (Lipinski definition) is 3. The molecule has 3 rings (SSSR count). The van der Waals surface area contributed by atoms with Crippen molar-refractivity contribution in [2.75, 3.05) is 10.6 Å². The summed E-state index contributed by atoms with van der Waals surface area (Å²) in [7, 11) is 0. The lowest BCUT2D eigenvalue weighted by Gasteiger charge is -2.10. The van der Waals surface area contributed by atoms with Crippen LogP contribution < -0.4 is 10.6 Å². The topological polar surface area (TPSA) is 54.0 Å². The van der Waals surface area contributed by atoms with E-state index >= 15 is 0 Å². The van der Waals surface area contributed by atoms with Crippen molar-refractivity contribution in [1.82, 2.24) is 4.98 Å². The van der Waals surface area contributed by atoms with Crippen molar-refractivity contribution in [3.05, 3.63) is 83.3 Å². The molecule has 3 aromatic rings. The fourth-order valence-corrected chi connectivity index (χ4v) is 2.67. The van der Waals surface area contributed by atoms with Crippen LogP contribution in [0.1, 0.15) is 16.7 Å². The Balaban J connectivity index is 1.61. The molecule has 2 N–H and O–H groups in total. The fraction of sp³-hybridized carbons (Fsp3) is 0.143. The highest BCUT2D eigenvalue weighted by atomic mass is 19.1. The zero-order chi connectivity index (χ0) is 18.5. The van der Waals surface area contributed by atoms with E-state index in [0.717, 1.165) is 11.3 Å². The number of hydrogen-bond donors (Lipinski definition) is 2. The minimum Gasteiger partial charge on any atom is -0.340 e. The van der Waals surface area contributed by atoms with Crippen LogP contribution in [0, 0.1) is 19.7 Å². The Morgan fingerprint density at radius 2 is 1.92 bits per heavy atom. The average Bonchev–Trinajstić information content (AvgIpc) is 2.59. The lowest BCUT2D eigenvalue weighted by Crippen LogP contribution is -2.14. The molecule has 0 saturated carbocycles. The Kier molecular flexibility index (Phi) is 5.27. The summed E-state index contributed by atoms with van der Waals surface area (Å²) in [5.74, 6) is 0.131. The second kappa shape index (κ2) is 7.78. The van der Waals surface area contributed by atoms with Crippen molar-refractivity contribution in [3.63, 3.8) is 0 Å². The standard InChI is InChI=1S/C21H20FN3O/c1-14-6-8-19(15(2)10-14)25-20-9-7-18(13-23-20)24-21(26)12-16-4-3-5-17(22)11-16/h3-11,13H,12H2,1-2H3,(H,23,25)(H,24,26). The summed E-state index contributed by atoms with van der Waals surface area (Å²) in [4.78, 5) is 16.4. The zero-order valence-electron chi connectivity index (χ0n) is 14.7. The number of halogens is 1. The number of nitrogens with one attached hydrogen (secondary N) is 2. The van der Waals surface area contributed by atoms with Gasteiger partial charge < -0.3 is 10.6 Å². The third kappa shape index (κ3) is 4.66. The van der Waals surface area contributed by atoms with Crippen LogP contribution in [0.2, 0.25) is 0 Å². The maximum Gasteiger partial charge on any atom is 0.228 e. The summed E-state index contributed by atoms with van der Waals surface area (Å²) in [5, 5.41) is 6.03. The van der Waals surface area contributed by atoms with Gasteiger partial charge in [0.25, 0.3) is 0 Å². The van der Waals surface area contributed by atoms with E-state index in [0.29, 0.717) is 17.1 Å². The summed E-state index contributed by atoms with van der Waals surface area (Å²) in [5.41, 5.74) is 4.56. The molecule has 0 atom stereocenters. The second-order valence-corrected chi connectivity index (χ2v) is 6.23. The predicted molar refractivity (Wildman–Crippen MR) is 102 cm³/mol. The van der Waals surface area contributed by atoms with Gasteiger partial charge >= 0.3 is 0 Å². The molecule has 0 spiro atoms. The quantitative estimate of drug-likeness (QED) is 0.698. The molecular weight excluding hydrogens is 329 g/mol. The average molecular weight is 349 g/mol. The van der Waals surface area contributed by atoms with Crippen LogP contribution >= 0.6 is 0 Å². The van der Waals surface area contributed by atoms with Gasteiger partial charge in [0.1, 0.15) is 11.6 Å². The van der Waals surface area contributed by atoms with E-state index in [-0.39, 0.29) is 18.1 Å². The maximum atomic E-state index is 13.2. The SMILES string of the molecule is Cc1ccc(Nc2ccc(NC(=O)Cc3cccc(F)c3)cn2)c(C)c1. The highest BCUT2D eigenvalue weighted by molar-refractivity contribution is 5.92. The molecule has 26 heavy (non-hydrogen) atoms. The summed E-state index contributed by atoms with van der Waals surface area (Å²) in [6.07, 6.45) is 1.70. The number of nitrogens with zero attached hydrogens (tertiary/aromatic N) is 1. The molecule has 0 aliphatic rings. The molecular formula is C21H20FN3O. The van der Waals surface area contributed by atoms with Gasteiger partial charge in [-0.2, -0.15) is 0 Å². The monoisotopic (exact) mass is 349 g/mol. The van der Waals surface area contributed by atoms with Crippen molar-refractivity contribution >= 4 is 23.1 Å². The van der Waals surface area contributed by atoms with Gasteiger partial charge in [0.15, 0.2) is 0 Å². The minimum atomic E-state index is -0.348. The summed E-state index contributed by atoms with van der Waals surface area (Å²) in [6.45, 7) is 4.09. The molecule has 0 unspecified atom stereocenters. The summed E-state index contributed by atoms with van der Waals surface area (Å²) >= 11 is 0. The molecule has 132 valence electrons. The van der Waals surface area contributed by atoms with Gasteiger partial charge in [0.05, 0.1) is 18.3 Å². The van der Waals surface area contributed by atoms with Crippen LogP contribution in [-0.4, -0.2) is 10.9 Å². The van der Waals surface area contributed by atoms with Gasteiger partial charge in [0, 0.05) is 5.69 Å². The molecule has 5 heteroatoms. The van der Waals surface area contributed by atoms with Crippen LogP contribution in [0.15, 0.2) is 60.8 Å². The van der Waals surface area contributed by atoms with Crippen LogP contribution in [0.5, 0.6) is 0 Å². The van der Waals surface area contributed by atoms with Crippen LogP contribution in [0.3, 0.4) is 0 Å². The molecule has 0 aliphatic heterocycles. The number of anilines is 3. The lowest BCUT2D eigenvalue weighted by molar-refractivity contribution is -0.115. The third-order valence-corrected chi connectivity index (χ3v) is 3.95. The Morgan fingerprint density at radius 1 is 1.08 bits per heavy atom. The second-order valence-electron chi connectivity index (χ2n) is 6.23. The van der Waals surface area contributed by atoms with Crippen molar-refractivity contribution in [3.8, 4) is 0 Å². The van der Waals surface area contributed by atoms with Crippen molar-refractivity contribution < 1.29 is 9.18 Å². The summed E-state index contributed by atoms with van der Waals surface area (Å²) < 4.78 is 13.2. The number of carbonyl (C=O) groups is 1. The van der Waals surface area contributed by atoms with Gasteiger partial charge in [-0.05, 0) is 55.3 Å². The molecule has 2 aromatic carbocycles. The number of aromatic nitrogens is 1. The fourth-order valence-electron chi connectivity index (χ4n) is 2.67. The number of carbonyl (C=O) groups excluding carboxylic acids is 1. The first-order valence-corrected chi connectivity index (χ1v) is 8.34. The third-order valence-electron chi connectivity index (χ3n) is 3.95. The van der Waals surface area contributed by atoms with Crippen LogP contribution in [0.25, 0.3) is 0 Å². The Hall–Kier alpha value is -3.21.